The fourth-order valence-electron chi connectivity index (χ4n) is 2.32. The minimum atomic E-state index is -0.286. The average Bonchev–Trinajstić information content (AvgIpc) is 2.69. The molecule has 0 radical (unpaired) electrons. The van der Waals surface area contributed by atoms with Gasteiger partial charge in [0.1, 0.15) is 0 Å². The zero-order valence-electron chi connectivity index (χ0n) is 11.3. The number of rotatable bonds is 1. The third kappa shape index (κ3) is 1.79. The molecule has 0 bridgehead atoms. The Balaban J connectivity index is 2.41. The topological polar surface area (TPSA) is 46.5 Å². The molecule has 0 amide bonds. The molecule has 3 aromatic rings. The quantitative estimate of drug-likeness (QED) is 0.676. The van der Waals surface area contributed by atoms with E-state index in [1.54, 1.807) is 24.3 Å². The van der Waals surface area contributed by atoms with Gasteiger partial charge in [0, 0.05) is 10.8 Å². The van der Waals surface area contributed by atoms with Crippen molar-refractivity contribution in [3.05, 3.63) is 79.4 Å². The Bertz CT molecular complexity index is 911. The molecule has 20 heavy (non-hydrogen) atoms. The fraction of sp³-hybridized carbons (Fsp3) is 0.118. The average molecular weight is 263 g/mol. The van der Waals surface area contributed by atoms with Gasteiger partial charge in [0.25, 0.3) is 0 Å². The molecule has 3 heteroatoms. The van der Waals surface area contributed by atoms with Gasteiger partial charge in [0.15, 0.2) is 5.36 Å². The highest BCUT2D eigenvalue weighted by Crippen LogP contribution is 2.20. The normalized spacial score (nSPS) is 10.9. The first-order valence-electron chi connectivity index (χ1n) is 6.43. The molecular formula is C17H13NO2. The lowest BCUT2D eigenvalue weighted by Gasteiger charge is -2.01. The summed E-state index contributed by atoms with van der Waals surface area (Å²) >= 11 is 0. The van der Waals surface area contributed by atoms with Crippen LogP contribution in [0.3, 0.4) is 0 Å². The zero-order chi connectivity index (χ0) is 14.3. The van der Waals surface area contributed by atoms with Crippen LogP contribution in [-0.4, -0.2) is 0 Å². The van der Waals surface area contributed by atoms with Crippen LogP contribution in [0.5, 0.6) is 0 Å². The summed E-state index contributed by atoms with van der Waals surface area (Å²) in [6, 6.07) is 12.5. The van der Waals surface area contributed by atoms with Gasteiger partial charge in [-0.1, -0.05) is 36.4 Å². The van der Waals surface area contributed by atoms with Crippen LogP contribution in [0.4, 0.5) is 5.69 Å². The number of hydrogen-bond acceptors (Lipinski definition) is 3. The van der Waals surface area contributed by atoms with Crippen molar-refractivity contribution in [3.63, 3.8) is 0 Å². The highest BCUT2D eigenvalue weighted by molar-refractivity contribution is 5.83. The van der Waals surface area contributed by atoms with Crippen molar-refractivity contribution in [2.75, 3.05) is 0 Å². The van der Waals surface area contributed by atoms with Crippen molar-refractivity contribution in [2.45, 2.75) is 13.8 Å². The van der Waals surface area contributed by atoms with Gasteiger partial charge in [-0.15, -0.1) is 0 Å². The molecule has 0 fully saturated rings. The summed E-state index contributed by atoms with van der Waals surface area (Å²) in [6.07, 6.45) is 0. The van der Waals surface area contributed by atoms with Crippen LogP contribution in [0.1, 0.15) is 11.1 Å². The van der Waals surface area contributed by atoms with Crippen LogP contribution in [0.15, 0.2) is 57.0 Å². The van der Waals surface area contributed by atoms with Crippen LogP contribution < -0.4 is 16.2 Å². The first-order chi connectivity index (χ1) is 9.59. The molecular weight excluding hydrogens is 250 g/mol. The number of benzene rings is 2. The van der Waals surface area contributed by atoms with Gasteiger partial charge in [0.2, 0.25) is 10.9 Å². The Hall–Kier alpha value is -2.55. The van der Waals surface area contributed by atoms with Crippen molar-refractivity contribution in [3.8, 4) is 0 Å². The maximum Gasteiger partial charge on any atom is 0.216 e. The Kier molecular flexibility index (Phi) is 2.83. The van der Waals surface area contributed by atoms with E-state index >= 15 is 0 Å². The fourth-order valence-corrected chi connectivity index (χ4v) is 2.32. The number of aryl methyl sites for hydroxylation is 1. The Morgan fingerprint density at radius 3 is 2.00 bits per heavy atom. The maximum absolute atomic E-state index is 12.3. The van der Waals surface area contributed by atoms with Gasteiger partial charge in [-0.25, -0.2) is 4.99 Å². The number of fused-ring (bicyclic) bond motifs is 1. The summed E-state index contributed by atoms with van der Waals surface area (Å²) in [6.45, 7) is 3.91. The van der Waals surface area contributed by atoms with Crippen molar-refractivity contribution >= 4 is 16.5 Å². The van der Waals surface area contributed by atoms with Crippen molar-refractivity contribution < 1.29 is 0 Å². The van der Waals surface area contributed by atoms with E-state index in [4.69, 9.17) is 0 Å². The smallest absolute Gasteiger partial charge is 0.216 e. The van der Waals surface area contributed by atoms with Crippen LogP contribution in [0, 0.1) is 13.8 Å². The van der Waals surface area contributed by atoms with Crippen molar-refractivity contribution in [1.29, 1.82) is 0 Å². The Morgan fingerprint density at radius 1 is 0.800 bits per heavy atom. The second-order valence-electron chi connectivity index (χ2n) is 4.88. The standard InChI is InChI=1S/C17H13NO2/c1-10-6-5-9-14(11(10)2)18-15-16(19)12-7-3-4-8-13(12)17(15)20/h3-9H,1-2H3. The molecule has 0 unspecified atom stereocenters. The van der Waals surface area contributed by atoms with Gasteiger partial charge in [-0.05, 0) is 31.0 Å². The monoisotopic (exact) mass is 263 g/mol. The van der Waals surface area contributed by atoms with Crippen molar-refractivity contribution in [2.24, 2.45) is 4.99 Å². The molecule has 0 aromatic heterocycles. The Morgan fingerprint density at radius 2 is 1.40 bits per heavy atom. The van der Waals surface area contributed by atoms with E-state index in [-0.39, 0.29) is 16.2 Å². The zero-order valence-corrected chi connectivity index (χ0v) is 11.3. The first kappa shape index (κ1) is 12.5. The number of hydrogen-bond donors (Lipinski definition) is 0. The molecule has 3 nitrogen and oxygen atoms in total. The van der Waals surface area contributed by atoms with Crippen molar-refractivity contribution in [1.82, 2.24) is 0 Å². The molecule has 0 spiro atoms. The molecule has 3 rings (SSSR count). The van der Waals surface area contributed by atoms with E-state index < -0.39 is 0 Å². The minimum absolute atomic E-state index is 0.0138. The summed E-state index contributed by atoms with van der Waals surface area (Å²) in [5.74, 6) is 0. The molecule has 0 saturated carbocycles. The van der Waals surface area contributed by atoms with E-state index in [1.807, 2.05) is 32.0 Å². The summed E-state index contributed by atoms with van der Waals surface area (Å²) in [5.41, 5.74) is 2.17. The van der Waals surface area contributed by atoms with Gasteiger partial charge in [0.05, 0.1) is 5.69 Å². The summed E-state index contributed by atoms with van der Waals surface area (Å²) in [7, 11) is 0. The predicted octanol–water partition coefficient (Wildman–Crippen LogP) is 2.29. The van der Waals surface area contributed by atoms with E-state index in [2.05, 4.69) is 4.99 Å². The van der Waals surface area contributed by atoms with E-state index in [0.29, 0.717) is 16.5 Å². The van der Waals surface area contributed by atoms with Crippen LogP contribution in [0.25, 0.3) is 10.8 Å². The van der Waals surface area contributed by atoms with Crippen LogP contribution in [0.2, 0.25) is 0 Å². The molecule has 0 aliphatic rings. The summed E-state index contributed by atoms with van der Waals surface area (Å²) in [4.78, 5) is 28.8. The Labute approximate surface area is 115 Å². The minimum Gasteiger partial charge on any atom is -0.287 e. The van der Waals surface area contributed by atoms with E-state index in [0.717, 1.165) is 11.1 Å². The molecule has 98 valence electrons. The molecule has 3 aromatic carbocycles. The first-order valence-corrected chi connectivity index (χ1v) is 6.43. The molecule has 0 aliphatic carbocycles. The summed E-state index contributed by atoms with van der Waals surface area (Å²) in [5, 5.41) is 0.906. The lowest BCUT2D eigenvalue weighted by Crippen LogP contribution is -2.31. The van der Waals surface area contributed by atoms with Gasteiger partial charge in [-0.3, -0.25) is 9.59 Å². The second-order valence-corrected chi connectivity index (χ2v) is 4.88. The SMILES string of the molecule is Cc1cccc(N=c2c(=O)c3ccccc3c2=O)c1C. The molecule has 0 saturated heterocycles. The third-order valence-corrected chi connectivity index (χ3v) is 3.65. The molecule has 0 heterocycles. The summed E-state index contributed by atoms with van der Waals surface area (Å²) < 4.78 is 0. The lowest BCUT2D eigenvalue weighted by atomic mass is 10.1. The predicted molar refractivity (Wildman–Crippen MR) is 80.0 cm³/mol. The molecule has 0 N–H and O–H groups in total. The maximum atomic E-state index is 12.3. The third-order valence-electron chi connectivity index (χ3n) is 3.65. The van der Waals surface area contributed by atoms with Crippen LogP contribution in [-0.2, 0) is 0 Å². The lowest BCUT2D eigenvalue weighted by molar-refractivity contribution is 1.25. The van der Waals surface area contributed by atoms with Gasteiger partial charge < -0.3 is 0 Å². The molecule has 0 aliphatic heterocycles. The van der Waals surface area contributed by atoms with Crippen LogP contribution >= 0.6 is 0 Å². The van der Waals surface area contributed by atoms with E-state index in [1.165, 1.54) is 0 Å². The van der Waals surface area contributed by atoms with Gasteiger partial charge >= 0.3 is 0 Å². The second kappa shape index (κ2) is 4.53. The van der Waals surface area contributed by atoms with E-state index in [9.17, 15) is 9.59 Å². The highest BCUT2D eigenvalue weighted by atomic mass is 16.1. The highest BCUT2D eigenvalue weighted by Gasteiger charge is 2.10. The molecule has 0 atom stereocenters. The number of nitrogens with zero attached hydrogens (tertiary/aromatic N) is 1. The van der Waals surface area contributed by atoms with Gasteiger partial charge in [-0.2, -0.15) is 0 Å². The largest absolute Gasteiger partial charge is 0.287 e.